The quantitative estimate of drug-likeness (QED) is 0.182. The SMILES string of the molecule is CC[PH+](C1CCCCC1)C1CCCCC1.C[Si](C)(C)C[PH+](C1CCCCC1)C1CCCCC1.[Cl][Ru]([Cl])=[CH]c1ccccc1. The molecule has 5 rings (SSSR count). The summed E-state index contributed by atoms with van der Waals surface area (Å²) >= 11 is -1.61. The Hall–Kier alpha value is 1.37. The molecule has 0 unspecified atom stereocenters. The Morgan fingerprint density at radius 3 is 1.26 bits per heavy atom. The molecule has 0 radical (unpaired) electrons. The minimum absolute atomic E-state index is 0.0148. The fraction of sp³-hybridized carbons (Fsp3) is 0.811. The van der Waals surface area contributed by atoms with Crippen molar-refractivity contribution < 1.29 is 13.5 Å². The fourth-order valence-corrected chi connectivity index (χ4v) is 24.8. The molecule has 4 saturated carbocycles. The molecule has 0 bridgehead atoms. The van der Waals surface area contributed by atoms with Crippen molar-refractivity contribution in [3.05, 3.63) is 35.9 Å². The van der Waals surface area contributed by atoms with Gasteiger partial charge in [-0.2, -0.15) is 0 Å². The van der Waals surface area contributed by atoms with Gasteiger partial charge < -0.3 is 0 Å². The predicted octanol–water partition coefficient (Wildman–Crippen LogP) is 13.4. The van der Waals surface area contributed by atoms with E-state index in [2.05, 4.69) is 26.6 Å². The molecule has 0 nitrogen and oxygen atoms in total. The molecule has 0 heterocycles. The number of halogens is 2. The van der Waals surface area contributed by atoms with Gasteiger partial charge in [0.1, 0.15) is 0 Å². The van der Waals surface area contributed by atoms with E-state index in [9.17, 15) is 0 Å². The third kappa shape index (κ3) is 15.9. The summed E-state index contributed by atoms with van der Waals surface area (Å²) in [4.78, 5) is 0. The molecule has 0 saturated heterocycles. The third-order valence-corrected chi connectivity index (χ3v) is 25.7. The first-order chi connectivity index (χ1) is 20.8. The van der Waals surface area contributed by atoms with Crippen LogP contribution in [0.25, 0.3) is 0 Å². The Bertz CT molecular complexity index is 828. The zero-order chi connectivity index (χ0) is 30.9. The van der Waals surface area contributed by atoms with E-state index in [1.54, 1.807) is 115 Å². The van der Waals surface area contributed by atoms with Crippen LogP contribution in [0.4, 0.5) is 0 Å². The molecule has 0 amide bonds. The number of benzene rings is 1. The van der Waals surface area contributed by atoms with Crippen molar-refractivity contribution in [1.29, 1.82) is 0 Å². The van der Waals surface area contributed by atoms with Gasteiger partial charge in [0.05, 0.1) is 36.9 Å². The van der Waals surface area contributed by atoms with Gasteiger partial charge in [-0.15, -0.1) is 0 Å². The van der Waals surface area contributed by atoms with Crippen LogP contribution in [0.3, 0.4) is 0 Å². The standard InChI is InChI=1S/C16H33PSi.C14H27P.C7H6.2ClH.Ru/c1-18(2,3)14-17(15-10-6-4-7-11-15)16-12-8-5-9-13-16;1-2-15(13-9-5-3-6-10-13)14-11-7-4-8-12-14;1-7-5-3-2-4-6-7;;;/h15-16H,4-14H2,1-3H3;13-14H,2-12H2,1H3;1-6H;2*1H;/q;;;;;+2. The number of hydrogen-bond acceptors (Lipinski definition) is 0. The van der Waals surface area contributed by atoms with E-state index < -0.39 is 21.6 Å². The summed E-state index contributed by atoms with van der Waals surface area (Å²) in [6.07, 6.45) is 32.9. The van der Waals surface area contributed by atoms with Gasteiger partial charge in [-0.05, 0) is 110 Å². The van der Waals surface area contributed by atoms with Gasteiger partial charge in [-0.1, -0.05) is 45.3 Å². The predicted molar refractivity (Wildman–Crippen MR) is 206 cm³/mol. The normalized spacial score (nSPS) is 21.9. The van der Waals surface area contributed by atoms with Crippen LogP contribution in [0.15, 0.2) is 30.3 Å². The van der Waals surface area contributed by atoms with Crippen LogP contribution in [-0.2, 0) is 13.5 Å². The van der Waals surface area contributed by atoms with Crippen molar-refractivity contribution in [2.24, 2.45) is 0 Å². The molecule has 6 heteroatoms. The second-order valence-corrected chi connectivity index (χ2v) is 33.8. The first-order valence-corrected chi connectivity index (χ1v) is 31.3. The maximum atomic E-state index is 5.67. The van der Waals surface area contributed by atoms with Crippen LogP contribution in [0.1, 0.15) is 141 Å². The molecule has 1 aromatic rings. The van der Waals surface area contributed by atoms with Crippen molar-refractivity contribution in [2.75, 3.05) is 11.9 Å². The van der Waals surface area contributed by atoms with Gasteiger partial charge in [0.2, 0.25) is 0 Å². The van der Waals surface area contributed by atoms with Crippen LogP contribution >= 0.6 is 35.2 Å². The van der Waals surface area contributed by atoms with Gasteiger partial charge in [0.15, 0.2) is 0 Å². The summed E-state index contributed by atoms with van der Waals surface area (Å²) < 4.78 is 1.92. The fourth-order valence-electron chi connectivity index (χ4n) is 8.65. The third-order valence-electron chi connectivity index (χ3n) is 10.7. The molecule has 0 aromatic heterocycles. The zero-order valence-corrected chi connectivity index (χ0v) is 34.7. The van der Waals surface area contributed by atoms with Crippen LogP contribution in [0.5, 0.6) is 0 Å². The van der Waals surface area contributed by atoms with Gasteiger partial charge in [0, 0.05) is 21.6 Å². The first-order valence-electron chi connectivity index (χ1n) is 18.4. The van der Waals surface area contributed by atoms with Crippen molar-refractivity contribution >= 4 is 47.9 Å². The van der Waals surface area contributed by atoms with E-state index in [4.69, 9.17) is 19.4 Å². The molecule has 43 heavy (non-hydrogen) atoms. The minimum atomic E-state index is -1.61. The average molecular weight is 775 g/mol. The van der Waals surface area contributed by atoms with Crippen LogP contribution in [0.2, 0.25) is 19.6 Å². The van der Waals surface area contributed by atoms with Crippen molar-refractivity contribution in [1.82, 2.24) is 0 Å². The van der Waals surface area contributed by atoms with Gasteiger partial charge in [-0.25, -0.2) is 0 Å². The maximum absolute atomic E-state index is 5.67. The molecule has 4 aliphatic carbocycles. The number of hydrogen-bond donors (Lipinski definition) is 0. The summed E-state index contributed by atoms with van der Waals surface area (Å²) in [6.45, 7) is 10.3. The molecular weight excluding hydrogens is 706 g/mol. The Kier molecular flexibility index (Phi) is 19.9. The molecule has 0 aliphatic heterocycles. The van der Waals surface area contributed by atoms with Crippen LogP contribution in [-0.4, -0.2) is 47.3 Å². The molecule has 0 atom stereocenters. The van der Waals surface area contributed by atoms with Gasteiger partial charge >= 0.3 is 73.4 Å². The Balaban J connectivity index is 0.000000184. The van der Waals surface area contributed by atoms with E-state index in [0.717, 1.165) is 5.56 Å². The van der Waals surface area contributed by atoms with Crippen molar-refractivity contribution in [3.63, 3.8) is 0 Å². The molecule has 4 fully saturated rings. The first kappa shape index (κ1) is 38.8. The Morgan fingerprint density at radius 2 is 0.953 bits per heavy atom. The average Bonchev–Trinajstić information content (AvgIpc) is 3.03. The van der Waals surface area contributed by atoms with Gasteiger partial charge in [0.25, 0.3) is 0 Å². The molecule has 1 aromatic carbocycles. The summed E-state index contributed by atoms with van der Waals surface area (Å²) in [7, 11) is 10.5. The summed E-state index contributed by atoms with van der Waals surface area (Å²) in [5.74, 6) is 1.72. The van der Waals surface area contributed by atoms with E-state index in [1.807, 2.05) is 34.9 Å². The van der Waals surface area contributed by atoms with Crippen LogP contribution in [0, 0.1) is 0 Å². The zero-order valence-electron chi connectivity index (χ0n) is 28.4. The van der Waals surface area contributed by atoms with E-state index in [-0.39, 0.29) is 15.8 Å². The van der Waals surface area contributed by atoms with E-state index in [0.29, 0.717) is 0 Å². The molecular formula is C37H68Cl2P2RuSi+2. The van der Waals surface area contributed by atoms with Gasteiger partial charge in [-0.3, -0.25) is 0 Å². The number of rotatable bonds is 8. The molecule has 4 aliphatic rings. The summed E-state index contributed by atoms with van der Waals surface area (Å²) in [5.41, 5.74) is 5.94. The second kappa shape index (κ2) is 22.1. The van der Waals surface area contributed by atoms with Crippen molar-refractivity contribution in [2.45, 2.75) is 178 Å². The second-order valence-electron chi connectivity index (χ2n) is 15.3. The Labute approximate surface area is 285 Å². The monoisotopic (exact) mass is 774 g/mol. The van der Waals surface area contributed by atoms with E-state index in [1.165, 1.54) is 48.3 Å². The summed E-state index contributed by atoms with van der Waals surface area (Å²) in [6, 6.07) is 9.89. The van der Waals surface area contributed by atoms with E-state index >= 15 is 0 Å². The molecule has 0 spiro atoms. The molecule has 250 valence electrons. The Morgan fingerprint density at radius 1 is 0.605 bits per heavy atom. The van der Waals surface area contributed by atoms with Crippen LogP contribution < -0.4 is 0 Å². The molecule has 0 N–H and O–H groups in total. The summed E-state index contributed by atoms with van der Waals surface area (Å²) in [5, 5.41) is 0. The van der Waals surface area contributed by atoms with Crippen molar-refractivity contribution in [3.8, 4) is 0 Å². The topological polar surface area (TPSA) is 0 Å².